The van der Waals surface area contributed by atoms with Gasteiger partial charge in [0, 0.05) is 5.25 Å². The molecule has 0 unspecified atom stereocenters. The summed E-state index contributed by atoms with van der Waals surface area (Å²) in [5.41, 5.74) is 0. The fourth-order valence-electron chi connectivity index (χ4n) is 1.98. The zero-order chi connectivity index (χ0) is 12.1. The van der Waals surface area contributed by atoms with Crippen LogP contribution in [0.4, 0.5) is 5.88 Å². The molecule has 17 heavy (non-hydrogen) atoms. The van der Waals surface area contributed by atoms with Crippen molar-refractivity contribution in [3.63, 3.8) is 0 Å². The molecule has 1 heterocycles. The molecule has 0 radical (unpaired) electrons. The number of nitrogens with zero attached hydrogens (tertiary/aromatic N) is 2. The number of rotatable bonds is 4. The van der Waals surface area contributed by atoms with Gasteiger partial charge in [0.2, 0.25) is 5.91 Å². The maximum Gasteiger partial charge on any atom is 0.302 e. The molecular weight excluding hydrogens is 238 g/mol. The van der Waals surface area contributed by atoms with Gasteiger partial charge < -0.3 is 0 Å². The van der Waals surface area contributed by atoms with Crippen LogP contribution in [0, 0.1) is 0 Å². The van der Waals surface area contributed by atoms with Gasteiger partial charge in [0.25, 0.3) is 6.20 Å². The highest BCUT2D eigenvalue weighted by Gasteiger charge is 2.16. The lowest BCUT2D eigenvalue weighted by molar-refractivity contribution is -0.739. The lowest BCUT2D eigenvalue weighted by Crippen LogP contribution is -2.28. The summed E-state index contributed by atoms with van der Waals surface area (Å²) in [5, 5.41) is 6.99. The van der Waals surface area contributed by atoms with Crippen molar-refractivity contribution in [3.8, 4) is 0 Å². The van der Waals surface area contributed by atoms with Gasteiger partial charge in [-0.3, -0.25) is 14.6 Å². The number of anilines is 1. The summed E-state index contributed by atoms with van der Waals surface area (Å²) in [4.78, 5) is 11.6. The van der Waals surface area contributed by atoms with E-state index in [1.165, 1.54) is 36.8 Å². The second kappa shape index (κ2) is 6.05. The van der Waals surface area contributed by atoms with E-state index in [0.29, 0.717) is 16.9 Å². The van der Waals surface area contributed by atoms with Crippen molar-refractivity contribution in [2.75, 3.05) is 11.1 Å². The van der Waals surface area contributed by atoms with E-state index >= 15 is 0 Å². The zero-order valence-corrected chi connectivity index (χ0v) is 10.8. The highest BCUT2D eigenvalue weighted by molar-refractivity contribution is 8.00. The quantitative estimate of drug-likeness (QED) is 0.829. The van der Waals surface area contributed by atoms with E-state index < -0.39 is 0 Å². The molecule has 1 amide bonds. The number of nitrogens with one attached hydrogen (secondary N) is 1. The summed E-state index contributed by atoms with van der Waals surface area (Å²) in [7, 11) is 1.75. The van der Waals surface area contributed by atoms with Crippen LogP contribution in [-0.2, 0) is 11.8 Å². The van der Waals surface area contributed by atoms with Gasteiger partial charge in [-0.15, -0.1) is 11.8 Å². The summed E-state index contributed by atoms with van der Waals surface area (Å²) >= 11 is 1.75. The van der Waals surface area contributed by atoms with E-state index in [0.717, 1.165) is 0 Å². The molecule has 0 atom stereocenters. The molecule has 0 bridgehead atoms. The van der Waals surface area contributed by atoms with E-state index in [1.807, 2.05) is 0 Å². The monoisotopic (exact) mass is 256 g/mol. The molecule has 2 rings (SSSR count). The predicted molar refractivity (Wildman–Crippen MR) is 65.6 cm³/mol. The Hall–Kier alpha value is -1.04. The summed E-state index contributed by atoms with van der Waals surface area (Å²) in [5.74, 6) is 0.883. The smallest absolute Gasteiger partial charge is 0.288 e. The largest absolute Gasteiger partial charge is 0.302 e. The number of hydrogen-bond donors (Lipinski definition) is 1. The number of hydrogen-bond acceptors (Lipinski definition) is 4. The molecule has 94 valence electrons. The third-order valence-electron chi connectivity index (χ3n) is 2.84. The predicted octanol–water partition coefficient (Wildman–Crippen LogP) is 1.50. The number of amides is 1. The molecule has 1 N–H and O–H groups in total. The highest BCUT2D eigenvalue weighted by Crippen LogP contribution is 2.28. The van der Waals surface area contributed by atoms with Crippen LogP contribution in [0.1, 0.15) is 32.1 Å². The number of aromatic nitrogens is 2. The first-order chi connectivity index (χ1) is 8.24. The minimum Gasteiger partial charge on any atom is -0.288 e. The first-order valence-electron chi connectivity index (χ1n) is 5.98. The van der Waals surface area contributed by atoms with Gasteiger partial charge in [0.1, 0.15) is 0 Å². The Morgan fingerprint density at radius 3 is 3.00 bits per heavy atom. The zero-order valence-electron chi connectivity index (χ0n) is 10.0. The highest BCUT2D eigenvalue weighted by atomic mass is 32.2. The van der Waals surface area contributed by atoms with Gasteiger partial charge in [0.15, 0.2) is 12.3 Å². The molecule has 6 heteroatoms. The van der Waals surface area contributed by atoms with Crippen molar-refractivity contribution in [1.82, 2.24) is 5.27 Å². The maximum atomic E-state index is 11.6. The van der Waals surface area contributed by atoms with E-state index in [-0.39, 0.29) is 5.91 Å². The third-order valence-corrected chi connectivity index (χ3v) is 4.21. The molecule has 1 fully saturated rings. The minimum atomic E-state index is -0.0164. The average Bonchev–Trinajstić information content (AvgIpc) is 2.73. The Morgan fingerprint density at radius 1 is 1.59 bits per heavy atom. The van der Waals surface area contributed by atoms with Crippen molar-refractivity contribution < 1.29 is 14.0 Å². The first kappa shape index (κ1) is 12.4. The fraction of sp³-hybridized carbons (Fsp3) is 0.727. The molecule has 0 aliphatic heterocycles. The molecular formula is C11H18N3O2S+. The van der Waals surface area contributed by atoms with E-state index in [1.54, 1.807) is 25.0 Å². The Balaban J connectivity index is 1.70. The normalized spacial score (nSPS) is 17.0. The summed E-state index contributed by atoms with van der Waals surface area (Å²) in [6.07, 6.45) is 8.08. The van der Waals surface area contributed by atoms with Gasteiger partial charge in [-0.05, 0) is 12.8 Å². The van der Waals surface area contributed by atoms with Crippen LogP contribution in [0.25, 0.3) is 0 Å². The Morgan fingerprint density at radius 2 is 2.35 bits per heavy atom. The van der Waals surface area contributed by atoms with Gasteiger partial charge >= 0.3 is 5.88 Å². The summed E-state index contributed by atoms with van der Waals surface area (Å²) < 4.78 is 6.42. The summed E-state index contributed by atoms with van der Waals surface area (Å²) in [6, 6.07) is 0. The Bertz CT molecular complexity index is 375. The molecule has 0 aromatic carbocycles. The minimum absolute atomic E-state index is 0.0164. The van der Waals surface area contributed by atoms with Crippen molar-refractivity contribution in [1.29, 1.82) is 0 Å². The van der Waals surface area contributed by atoms with Crippen LogP contribution in [-0.4, -0.2) is 22.2 Å². The van der Waals surface area contributed by atoms with Crippen LogP contribution in [0.15, 0.2) is 10.7 Å². The molecule has 1 aromatic heterocycles. The molecule has 1 aliphatic rings. The van der Waals surface area contributed by atoms with Crippen molar-refractivity contribution >= 4 is 23.6 Å². The molecule has 1 aromatic rings. The number of carbonyl (C=O) groups excluding carboxylic acids is 1. The summed E-state index contributed by atoms with van der Waals surface area (Å²) in [6.45, 7) is 0. The van der Waals surface area contributed by atoms with Crippen LogP contribution < -0.4 is 10.00 Å². The van der Waals surface area contributed by atoms with Crippen LogP contribution in [0.5, 0.6) is 0 Å². The number of thioether (sulfide) groups is 1. The van der Waals surface area contributed by atoms with E-state index in [2.05, 4.69) is 10.6 Å². The molecule has 1 aliphatic carbocycles. The van der Waals surface area contributed by atoms with Crippen LogP contribution in [0.3, 0.4) is 0 Å². The number of carbonyl (C=O) groups is 1. The van der Waals surface area contributed by atoms with E-state index in [4.69, 9.17) is 4.52 Å². The van der Waals surface area contributed by atoms with Crippen LogP contribution in [0.2, 0.25) is 0 Å². The standard InChI is InChI=1S/C11H17N3O2S/c1-14-7-11(16-13-14)12-10(15)8-17-9-5-3-2-4-6-9/h7,9H,2-6,8H2,1H3/p+1. The molecule has 1 saturated carbocycles. The lowest BCUT2D eigenvalue weighted by atomic mass is 10.0. The van der Waals surface area contributed by atoms with Gasteiger partial charge in [-0.2, -0.15) is 0 Å². The van der Waals surface area contributed by atoms with Crippen molar-refractivity contribution in [2.45, 2.75) is 37.4 Å². The van der Waals surface area contributed by atoms with Crippen molar-refractivity contribution in [2.24, 2.45) is 7.05 Å². The van der Waals surface area contributed by atoms with Gasteiger partial charge in [-0.1, -0.05) is 23.9 Å². The first-order valence-corrected chi connectivity index (χ1v) is 7.03. The van der Waals surface area contributed by atoms with E-state index in [9.17, 15) is 4.79 Å². The molecule has 5 nitrogen and oxygen atoms in total. The average molecular weight is 256 g/mol. The number of aryl methyl sites for hydroxylation is 1. The second-order valence-electron chi connectivity index (χ2n) is 4.36. The maximum absolute atomic E-state index is 11.6. The lowest BCUT2D eigenvalue weighted by Gasteiger charge is -2.20. The third kappa shape index (κ3) is 4.03. The van der Waals surface area contributed by atoms with Crippen molar-refractivity contribution in [3.05, 3.63) is 6.20 Å². The molecule has 0 saturated heterocycles. The second-order valence-corrected chi connectivity index (χ2v) is 5.65. The fourth-order valence-corrected chi connectivity index (χ4v) is 3.11. The Labute approximate surface area is 105 Å². The van der Waals surface area contributed by atoms with Crippen LogP contribution >= 0.6 is 11.8 Å². The topological polar surface area (TPSA) is 59.0 Å². The SMILES string of the molecule is C[n+]1cc(NC(=O)CSC2CCCCC2)on1. The van der Waals surface area contributed by atoms with Gasteiger partial charge in [-0.25, -0.2) is 0 Å². The molecule has 0 spiro atoms. The van der Waals surface area contributed by atoms with Gasteiger partial charge in [0.05, 0.1) is 5.75 Å². The Kier molecular flexibility index (Phi) is 4.42.